The van der Waals surface area contributed by atoms with E-state index in [2.05, 4.69) is 117 Å². The van der Waals surface area contributed by atoms with Crippen molar-refractivity contribution in [3.8, 4) is 5.75 Å². The van der Waals surface area contributed by atoms with Crippen molar-refractivity contribution >= 4 is 27.2 Å². The summed E-state index contributed by atoms with van der Waals surface area (Å²) >= 11 is 0. The zero-order valence-corrected chi connectivity index (χ0v) is 27.7. The molecule has 0 radical (unpaired) electrons. The van der Waals surface area contributed by atoms with E-state index >= 15 is 0 Å². The summed E-state index contributed by atoms with van der Waals surface area (Å²) in [4.78, 5) is 5.14. The summed E-state index contributed by atoms with van der Waals surface area (Å²) < 4.78 is 5.67. The molecule has 0 aliphatic heterocycles. The molecule has 3 heteroatoms. The molecule has 0 amide bonds. The zero-order chi connectivity index (χ0) is 30.6. The summed E-state index contributed by atoms with van der Waals surface area (Å²) in [5, 5.41) is 5.00. The maximum Gasteiger partial charge on any atom is 0.126 e. The largest absolute Gasteiger partial charge is 0.496 e. The average Bonchev–Trinajstić information content (AvgIpc) is 3.02. The van der Waals surface area contributed by atoms with Crippen LogP contribution >= 0.6 is 0 Å². The Hall–Kier alpha value is -3.30. The van der Waals surface area contributed by atoms with Crippen molar-refractivity contribution < 1.29 is 4.74 Å². The first-order valence-electron chi connectivity index (χ1n) is 16.7. The van der Waals surface area contributed by atoms with Crippen LogP contribution in [0.4, 0.5) is 0 Å². The highest BCUT2D eigenvalue weighted by Gasteiger charge is 2.17. The summed E-state index contributed by atoms with van der Waals surface area (Å²) in [6, 6.07) is 26.6. The van der Waals surface area contributed by atoms with E-state index in [1.54, 1.807) is 7.11 Å². The van der Waals surface area contributed by atoms with Gasteiger partial charge in [-0.05, 0) is 103 Å². The Morgan fingerprint density at radius 1 is 0.837 bits per heavy atom. The van der Waals surface area contributed by atoms with Gasteiger partial charge < -0.3 is 14.5 Å². The lowest BCUT2D eigenvalue weighted by Gasteiger charge is -2.30. The maximum absolute atomic E-state index is 5.67. The molecule has 1 saturated carbocycles. The van der Waals surface area contributed by atoms with Crippen LogP contribution in [-0.2, 0) is 6.54 Å². The molecular weight excluding hydrogens is 524 g/mol. The Morgan fingerprint density at radius 2 is 1.53 bits per heavy atom. The second-order valence-electron chi connectivity index (χ2n) is 12.2. The van der Waals surface area contributed by atoms with Crippen molar-refractivity contribution in [2.45, 2.75) is 79.7 Å². The van der Waals surface area contributed by atoms with E-state index in [-0.39, 0.29) is 0 Å². The number of benzene rings is 4. The number of fused-ring (bicyclic) bond motifs is 2. The molecule has 0 saturated heterocycles. The Kier molecular flexibility index (Phi) is 12.5. The van der Waals surface area contributed by atoms with Gasteiger partial charge in [-0.1, -0.05) is 102 Å². The molecule has 4 aromatic carbocycles. The predicted molar refractivity (Wildman–Crippen MR) is 188 cm³/mol. The Balaban J connectivity index is 0.000000767. The summed E-state index contributed by atoms with van der Waals surface area (Å²) in [6.45, 7) is 16.7. The minimum atomic E-state index is 0.900. The number of nitrogens with zero attached hydrogens (tertiary/aromatic N) is 2. The Bertz CT molecular complexity index is 1460. The maximum atomic E-state index is 5.67. The van der Waals surface area contributed by atoms with Gasteiger partial charge >= 0.3 is 0 Å². The molecular formula is C40H54N2O. The number of hydrogen-bond acceptors (Lipinski definition) is 3. The highest BCUT2D eigenvalue weighted by molar-refractivity contribution is 5.92. The average molecular weight is 579 g/mol. The molecule has 230 valence electrons. The van der Waals surface area contributed by atoms with E-state index in [9.17, 15) is 0 Å². The van der Waals surface area contributed by atoms with Crippen LogP contribution in [0.25, 0.3) is 27.2 Å². The number of methoxy groups -OCH3 is 1. The van der Waals surface area contributed by atoms with Gasteiger partial charge in [-0.25, -0.2) is 0 Å². The molecule has 0 heterocycles. The first-order valence-corrected chi connectivity index (χ1v) is 16.7. The smallest absolute Gasteiger partial charge is 0.126 e. The van der Waals surface area contributed by atoms with Crippen LogP contribution in [-0.4, -0.2) is 43.1 Å². The van der Waals surface area contributed by atoms with Gasteiger partial charge in [0.2, 0.25) is 0 Å². The molecule has 0 atom stereocenters. The fourth-order valence-electron chi connectivity index (χ4n) is 6.09. The lowest BCUT2D eigenvalue weighted by atomic mass is 9.88. The monoisotopic (exact) mass is 578 g/mol. The molecule has 1 aliphatic carbocycles. The van der Waals surface area contributed by atoms with Gasteiger partial charge in [0, 0.05) is 29.7 Å². The zero-order valence-electron chi connectivity index (χ0n) is 27.7. The van der Waals surface area contributed by atoms with Crippen molar-refractivity contribution in [3.05, 3.63) is 95.6 Å². The fourth-order valence-corrected chi connectivity index (χ4v) is 6.09. The number of hydrogen-bond donors (Lipinski definition) is 0. The molecule has 1 fully saturated rings. The summed E-state index contributed by atoms with van der Waals surface area (Å²) in [7, 11) is 1.75. The third-order valence-electron chi connectivity index (χ3n) is 9.05. The lowest BCUT2D eigenvalue weighted by Crippen LogP contribution is -2.27. The van der Waals surface area contributed by atoms with E-state index in [1.807, 2.05) is 6.07 Å². The van der Waals surface area contributed by atoms with E-state index in [0.29, 0.717) is 0 Å². The molecule has 0 N–H and O–H groups in total. The van der Waals surface area contributed by atoms with Gasteiger partial charge in [-0.2, -0.15) is 0 Å². The van der Waals surface area contributed by atoms with Crippen LogP contribution in [0.1, 0.15) is 82.9 Å². The number of rotatable bonds is 13. The van der Waals surface area contributed by atoms with E-state index in [4.69, 9.17) is 4.74 Å². The van der Waals surface area contributed by atoms with Crippen molar-refractivity contribution in [1.29, 1.82) is 0 Å². The number of aryl methyl sites for hydroxylation is 1. The molecule has 1 aliphatic rings. The van der Waals surface area contributed by atoms with Crippen LogP contribution in [0.15, 0.2) is 78.9 Å². The van der Waals surface area contributed by atoms with Gasteiger partial charge in [-0.3, -0.25) is 0 Å². The molecule has 0 unspecified atom stereocenters. The minimum Gasteiger partial charge on any atom is -0.496 e. The fraction of sp³-hybridized carbons (Fsp3) is 0.450. The minimum absolute atomic E-state index is 0.900. The summed E-state index contributed by atoms with van der Waals surface area (Å²) in [6.07, 6.45) is 10.3. The van der Waals surface area contributed by atoms with Gasteiger partial charge in [0.15, 0.2) is 0 Å². The quantitative estimate of drug-likeness (QED) is 0.147. The first kappa shape index (κ1) is 32.6. The summed E-state index contributed by atoms with van der Waals surface area (Å²) in [5.41, 5.74) is 5.30. The topological polar surface area (TPSA) is 15.7 Å². The standard InChI is InChI=1S/C35H44N2O.C5H10/c1-6-14-34(32-25-31-17-13-18-35(38-5)33(31)23-27(32)4)37(22-12-11-21-36(7-2)8-3)26-28-19-20-29-15-9-10-16-30(29)24-28;1-5-3-2-4-5/h9-10,13-20,23-25H,6-8,11-12,21-22,26H2,1-5H3;5H,2-4H2,1H3/b34-14+;. The van der Waals surface area contributed by atoms with E-state index in [1.165, 1.54) is 82.6 Å². The number of allylic oxidation sites excluding steroid dienone is 1. The van der Waals surface area contributed by atoms with Gasteiger partial charge in [-0.15, -0.1) is 0 Å². The third kappa shape index (κ3) is 8.86. The molecule has 5 rings (SSSR count). The van der Waals surface area contributed by atoms with Crippen LogP contribution in [0.5, 0.6) is 5.75 Å². The van der Waals surface area contributed by atoms with E-state index < -0.39 is 0 Å². The third-order valence-corrected chi connectivity index (χ3v) is 9.05. The van der Waals surface area contributed by atoms with Crippen LogP contribution in [0.2, 0.25) is 0 Å². The van der Waals surface area contributed by atoms with Crippen LogP contribution in [0, 0.1) is 12.8 Å². The number of ether oxygens (including phenoxy) is 1. The van der Waals surface area contributed by atoms with Crippen molar-refractivity contribution in [2.75, 3.05) is 33.3 Å². The Labute approximate surface area is 261 Å². The highest BCUT2D eigenvalue weighted by Crippen LogP contribution is 2.33. The Morgan fingerprint density at radius 3 is 2.19 bits per heavy atom. The SMILES string of the molecule is CC/C=C(\c1cc2cccc(OC)c2cc1C)N(CCCCN(CC)CC)Cc1ccc2ccccc2c1.CC1CCC1. The second-order valence-corrected chi connectivity index (χ2v) is 12.2. The first-order chi connectivity index (χ1) is 21.0. The lowest BCUT2D eigenvalue weighted by molar-refractivity contribution is 0.286. The van der Waals surface area contributed by atoms with Crippen molar-refractivity contribution in [1.82, 2.24) is 9.80 Å². The molecule has 43 heavy (non-hydrogen) atoms. The summed E-state index contributed by atoms with van der Waals surface area (Å²) in [5.74, 6) is 2.00. The molecule has 0 spiro atoms. The van der Waals surface area contributed by atoms with Crippen LogP contribution in [0.3, 0.4) is 0 Å². The van der Waals surface area contributed by atoms with Crippen molar-refractivity contribution in [3.63, 3.8) is 0 Å². The van der Waals surface area contributed by atoms with Gasteiger partial charge in [0.1, 0.15) is 5.75 Å². The number of unbranched alkanes of at least 4 members (excludes halogenated alkanes) is 1. The predicted octanol–water partition coefficient (Wildman–Crippen LogP) is 10.5. The van der Waals surface area contributed by atoms with Crippen LogP contribution < -0.4 is 4.74 Å². The molecule has 0 bridgehead atoms. The highest BCUT2D eigenvalue weighted by atomic mass is 16.5. The van der Waals surface area contributed by atoms with E-state index in [0.717, 1.165) is 44.3 Å². The van der Waals surface area contributed by atoms with Crippen molar-refractivity contribution in [2.24, 2.45) is 5.92 Å². The molecule has 4 aromatic rings. The molecule has 3 nitrogen and oxygen atoms in total. The van der Waals surface area contributed by atoms with Gasteiger partial charge in [0.25, 0.3) is 0 Å². The second kappa shape index (κ2) is 16.5. The normalized spacial score (nSPS) is 13.6. The van der Waals surface area contributed by atoms with Gasteiger partial charge in [0.05, 0.1) is 7.11 Å². The molecule has 0 aromatic heterocycles.